The molecule has 0 aliphatic rings. The Bertz CT molecular complexity index is 886. The lowest BCUT2D eigenvalue weighted by atomic mass is 9.94. The van der Waals surface area contributed by atoms with Crippen LogP contribution in [0, 0.1) is 13.8 Å². The molecule has 26 heavy (non-hydrogen) atoms. The van der Waals surface area contributed by atoms with Crippen LogP contribution < -0.4 is 5.32 Å². The molecule has 1 amide bonds. The second kappa shape index (κ2) is 8.28. The fraction of sp³-hybridized carbons (Fsp3) is 0.273. The van der Waals surface area contributed by atoms with Gasteiger partial charge in [-0.2, -0.15) is 0 Å². The Morgan fingerprint density at radius 1 is 1.15 bits per heavy atom. The first-order chi connectivity index (χ1) is 12.6. The highest BCUT2D eigenvalue weighted by atomic mass is 32.1. The zero-order chi connectivity index (χ0) is 18.5. The van der Waals surface area contributed by atoms with Crippen LogP contribution in [0.5, 0.6) is 0 Å². The smallest absolute Gasteiger partial charge is 0.233 e. The Hall–Kier alpha value is -2.46. The minimum Gasteiger partial charge on any atom is -0.301 e. The standard InChI is InChI=1S/C22H24N2OS/c1-4-8-18(17-9-6-5-7-10-17)21(25)24-22-23-20(14-26-22)19-13-15(2)11-12-16(19)3/h5-7,9-14,18H,4,8H2,1-3H3,(H,23,24,25)/t18-/m1/s1. The summed E-state index contributed by atoms with van der Waals surface area (Å²) in [7, 11) is 0. The van der Waals surface area contributed by atoms with Crippen LogP contribution in [0.1, 0.15) is 42.4 Å². The Morgan fingerprint density at radius 3 is 2.65 bits per heavy atom. The summed E-state index contributed by atoms with van der Waals surface area (Å²) in [6.45, 7) is 6.26. The molecule has 1 heterocycles. The summed E-state index contributed by atoms with van der Waals surface area (Å²) in [4.78, 5) is 17.5. The third-order valence-corrected chi connectivity index (χ3v) is 5.26. The van der Waals surface area contributed by atoms with E-state index in [4.69, 9.17) is 0 Å². The van der Waals surface area contributed by atoms with Gasteiger partial charge in [0.15, 0.2) is 5.13 Å². The summed E-state index contributed by atoms with van der Waals surface area (Å²) in [5.41, 5.74) is 5.48. The average Bonchev–Trinajstić information content (AvgIpc) is 3.10. The quantitative estimate of drug-likeness (QED) is 0.587. The largest absolute Gasteiger partial charge is 0.301 e. The van der Waals surface area contributed by atoms with Crippen molar-refractivity contribution in [2.75, 3.05) is 5.32 Å². The molecular weight excluding hydrogens is 340 g/mol. The molecule has 0 saturated heterocycles. The van der Waals surface area contributed by atoms with Gasteiger partial charge >= 0.3 is 0 Å². The van der Waals surface area contributed by atoms with Gasteiger partial charge in [-0.25, -0.2) is 4.98 Å². The second-order valence-electron chi connectivity index (χ2n) is 6.60. The molecule has 0 saturated carbocycles. The number of aromatic nitrogens is 1. The molecule has 0 spiro atoms. The third-order valence-electron chi connectivity index (χ3n) is 4.50. The van der Waals surface area contributed by atoms with E-state index in [1.807, 2.05) is 35.7 Å². The fourth-order valence-electron chi connectivity index (χ4n) is 3.08. The zero-order valence-corrected chi connectivity index (χ0v) is 16.3. The average molecular weight is 365 g/mol. The first-order valence-corrected chi connectivity index (χ1v) is 9.85. The fourth-order valence-corrected chi connectivity index (χ4v) is 3.80. The van der Waals surface area contributed by atoms with Gasteiger partial charge in [-0.15, -0.1) is 11.3 Å². The normalized spacial score (nSPS) is 12.0. The zero-order valence-electron chi connectivity index (χ0n) is 15.5. The maximum Gasteiger partial charge on any atom is 0.233 e. The number of benzene rings is 2. The van der Waals surface area contributed by atoms with Crippen LogP contribution in [0.4, 0.5) is 5.13 Å². The van der Waals surface area contributed by atoms with Gasteiger partial charge in [0.25, 0.3) is 0 Å². The van der Waals surface area contributed by atoms with Gasteiger partial charge in [-0.05, 0) is 37.5 Å². The van der Waals surface area contributed by atoms with E-state index in [1.54, 1.807) is 0 Å². The molecule has 0 bridgehead atoms. The molecule has 3 nitrogen and oxygen atoms in total. The van der Waals surface area contributed by atoms with E-state index in [-0.39, 0.29) is 11.8 Å². The van der Waals surface area contributed by atoms with Crippen molar-refractivity contribution < 1.29 is 4.79 Å². The molecule has 0 fully saturated rings. The van der Waals surface area contributed by atoms with Crippen molar-refractivity contribution in [2.45, 2.75) is 39.5 Å². The maximum absolute atomic E-state index is 12.8. The third kappa shape index (κ3) is 4.20. The van der Waals surface area contributed by atoms with Crippen LogP contribution in [0.2, 0.25) is 0 Å². The number of nitrogens with one attached hydrogen (secondary N) is 1. The van der Waals surface area contributed by atoms with Gasteiger partial charge in [-0.1, -0.05) is 61.4 Å². The number of hydrogen-bond donors (Lipinski definition) is 1. The Morgan fingerprint density at radius 2 is 1.92 bits per heavy atom. The number of amides is 1. The first-order valence-electron chi connectivity index (χ1n) is 8.97. The highest BCUT2D eigenvalue weighted by Crippen LogP contribution is 2.29. The molecule has 0 radical (unpaired) electrons. The van der Waals surface area contributed by atoms with Crippen molar-refractivity contribution in [3.63, 3.8) is 0 Å². The molecule has 0 aliphatic heterocycles. The summed E-state index contributed by atoms with van der Waals surface area (Å²) >= 11 is 1.47. The summed E-state index contributed by atoms with van der Waals surface area (Å²) in [6, 6.07) is 16.3. The van der Waals surface area contributed by atoms with Gasteiger partial charge in [0, 0.05) is 10.9 Å². The monoisotopic (exact) mass is 364 g/mol. The van der Waals surface area contributed by atoms with E-state index < -0.39 is 0 Å². The van der Waals surface area contributed by atoms with Gasteiger partial charge < -0.3 is 5.32 Å². The van der Waals surface area contributed by atoms with Crippen molar-refractivity contribution in [3.8, 4) is 11.3 Å². The molecule has 4 heteroatoms. The minimum absolute atomic E-state index is 0.0138. The molecule has 0 aliphatic carbocycles. The van der Waals surface area contributed by atoms with Crippen LogP contribution in [0.3, 0.4) is 0 Å². The molecule has 1 atom stereocenters. The van der Waals surface area contributed by atoms with E-state index in [1.165, 1.54) is 22.5 Å². The van der Waals surface area contributed by atoms with Crippen LogP contribution in [0.25, 0.3) is 11.3 Å². The Kier molecular flexibility index (Phi) is 5.84. The van der Waals surface area contributed by atoms with E-state index >= 15 is 0 Å². The number of aryl methyl sites for hydroxylation is 2. The molecule has 134 valence electrons. The number of carbonyl (C=O) groups excluding carboxylic acids is 1. The van der Waals surface area contributed by atoms with Crippen molar-refractivity contribution in [2.24, 2.45) is 0 Å². The molecule has 1 aromatic heterocycles. The van der Waals surface area contributed by atoms with E-state index in [0.717, 1.165) is 29.7 Å². The highest BCUT2D eigenvalue weighted by Gasteiger charge is 2.21. The maximum atomic E-state index is 12.8. The molecular formula is C22H24N2OS. The van der Waals surface area contributed by atoms with Crippen LogP contribution in [-0.4, -0.2) is 10.9 Å². The lowest BCUT2D eigenvalue weighted by molar-refractivity contribution is -0.117. The first kappa shape index (κ1) is 18.3. The highest BCUT2D eigenvalue weighted by molar-refractivity contribution is 7.14. The molecule has 2 aromatic carbocycles. The number of anilines is 1. The summed E-state index contributed by atoms with van der Waals surface area (Å²) in [5.74, 6) is -0.130. The lowest BCUT2D eigenvalue weighted by Crippen LogP contribution is -2.21. The van der Waals surface area contributed by atoms with Crippen LogP contribution >= 0.6 is 11.3 Å². The Labute approximate surface area is 159 Å². The van der Waals surface area contributed by atoms with E-state index in [2.05, 4.69) is 49.3 Å². The number of carbonyl (C=O) groups is 1. The molecule has 0 unspecified atom stereocenters. The van der Waals surface area contributed by atoms with Gasteiger partial charge in [0.05, 0.1) is 11.6 Å². The number of hydrogen-bond acceptors (Lipinski definition) is 3. The predicted molar refractivity (Wildman–Crippen MR) is 110 cm³/mol. The van der Waals surface area contributed by atoms with Crippen molar-refractivity contribution in [1.82, 2.24) is 4.98 Å². The van der Waals surface area contributed by atoms with Crippen LogP contribution in [-0.2, 0) is 4.79 Å². The summed E-state index contributed by atoms with van der Waals surface area (Å²) < 4.78 is 0. The van der Waals surface area contributed by atoms with Crippen molar-refractivity contribution >= 4 is 22.4 Å². The molecule has 3 aromatic rings. The topological polar surface area (TPSA) is 42.0 Å². The van der Waals surface area contributed by atoms with Crippen molar-refractivity contribution in [1.29, 1.82) is 0 Å². The van der Waals surface area contributed by atoms with Crippen LogP contribution in [0.15, 0.2) is 53.9 Å². The number of nitrogens with zero attached hydrogens (tertiary/aromatic N) is 1. The SMILES string of the molecule is CCC[C@@H](C(=O)Nc1nc(-c2cc(C)ccc2C)cs1)c1ccccc1. The van der Waals surface area contributed by atoms with Crippen molar-refractivity contribution in [3.05, 3.63) is 70.6 Å². The second-order valence-corrected chi connectivity index (χ2v) is 7.46. The molecule has 3 rings (SSSR count). The van der Waals surface area contributed by atoms with Gasteiger partial charge in [0.2, 0.25) is 5.91 Å². The number of rotatable bonds is 6. The summed E-state index contributed by atoms with van der Waals surface area (Å²) in [5, 5.41) is 5.68. The van der Waals surface area contributed by atoms with E-state index in [9.17, 15) is 4.79 Å². The summed E-state index contributed by atoms with van der Waals surface area (Å²) in [6.07, 6.45) is 1.78. The minimum atomic E-state index is -0.144. The Balaban J connectivity index is 1.79. The van der Waals surface area contributed by atoms with E-state index in [0.29, 0.717) is 5.13 Å². The predicted octanol–water partition coefficient (Wildman–Crippen LogP) is 5.95. The molecule has 1 N–H and O–H groups in total. The van der Waals surface area contributed by atoms with Gasteiger partial charge in [0.1, 0.15) is 0 Å². The lowest BCUT2D eigenvalue weighted by Gasteiger charge is -2.15. The number of thiazole rings is 1. The van der Waals surface area contributed by atoms with Gasteiger partial charge in [-0.3, -0.25) is 4.79 Å².